The molecule has 6 nitrogen and oxygen atoms in total. The Labute approximate surface area is 178 Å². The summed E-state index contributed by atoms with van der Waals surface area (Å²) in [6.45, 7) is 12.1. The molecule has 172 valence electrons. The lowest BCUT2D eigenvalue weighted by Gasteiger charge is -2.13. The fraction of sp³-hybridized carbons (Fsp3) is 0.913. The number of Topliss-reactive ketones (excluding diaryl/α,β-unsaturated/α-hetero) is 2. The average Bonchev–Trinajstić information content (AvgIpc) is 2.73. The smallest absolute Gasteiger partial charge is 0.138 e. The molecule has 0 aromatic rings. The first kappa shape index (κ1) is 28.2. The van der Waals surface area contributed by atoms with Gasteiger partial charge in [0.25, 0.3) is 0 Å². The number of rotatable bonds is 22. The van der Waals surface area contributed by atoms with Crippen molar-refractivity contribution < 1.29 is 28.5 Å². The number of carbonyl (C=O) groups excluding carboxylic acids is 2. The van der Waals surface area contributed by atoms with Crippen molar-refractivity contribution >= 4 is 11.6 Å². The van der Waals surface area contributed by atoms with E-state index in [0.29, 0.717) is 71.5 Å². The van der Waals surface area contributed by atoms with Gasteiger partial charge in [-0.15, -0.1) is 0 Å². The van der Waals surface area contributed by atoms with Crippen LogP contribution in [0.15, 0.2) is 0 Å². The summed E-state index contributed by atoms with van der Waals surface area (Å²) in [5.41, 5.74) is 0. The number of hydrogen-bond donors (Lipinski definition) is 0. The lowest BCUT2D eigenvalue weighted by molar-refractivity contribution is -0.125. The van der Waals surface area contributed by atoms with Crippen molar-refractivity contribution in [2.24, 2.45) is 11.8 Å². The Balaban J connectivity index is 3.35. The van der Waals surface area contributed by atoms with Gasteiger partial charge in [0.1, 0.15) is 11.6 Å². The highest BCUT2D eigenvalue weighted by Gasteiger charge is 2.15. The number of hydrogen-bond acceptors (Lipinski definition) is 6. The van der Waals surface area contributed by atoms with E-state index < -0.39 is 0 Å². The molecular formula is C23H44O6. The Morgan fingerprint density at radius 1 is 0.655 bits per heavy atom. The van der Waals surface area contributed by atoms with E-state index in [4.69, 9.17) is 18.9 Å². The molecule has 0 fully saturated rings. The van der Waals surface area contributed by atoms with E-state index >= 15 is 0 Å². The first-order valence-electron chi connectivity index (χ1n) is 11.4. The van der Waals surface area contributed by atoms with Crippen LogP contribution in [0.5, 0.6) is 0 Å². The van der Waals surface area contributed by atoms with Gasteiger partial charge >= 0.3 is 0 Å². The van der Waals surface area contributed by atoms with Crippen molar-refractivity contribution in [3.63, 3.8) is 0 Å². The predicted molar refractivity (Wildman–Crippen MR) is 115 cm³/mol. The molecule has 2 unspecified atom stereocenters. The second-order valence-corrected chi connectivity index (χ2v) is 7.44. The van der Waals surface area contributed by atoms with Crippen LogP contribution in [0.4, 0.5) is 0 Å². The summed E-state index contributed by atoms with van der Waals surface area (Å²) < 4.78 is 21.7. The highest BCUT2D eigenvalue weighted by Crippen LogP contribution is 2.15. The van der Waals surface area contributed by atoms with Crippen molar-refractivity contribution in [1.82, 2.24) is 0 Å². The van der Waals surface area contributed by atoms with Crippen LogP contribution in [0, 0.1) is 11.8 Å². The largest absolute Gasteiger partial charge is 0.379 e. The van der Waals surface area contributed by atoms with Crippen LogP contribution in [0.2, 0.25) is 0 Å². The normalized spacial score (nSPS) is 13.4. The van der Waals surface area contributed by atoms with Gasteiger partial charge in [0.15, 0.2) is 0 Å². The number of ether oxygens (including phenoxy) is 4. The fourth-order valence-electron chi connectivity index (χ4n) is 2.83. The molecule has 0 aliphatic rings. The van der Waals surface area contributed by atoms with E-state index in [0.717, 1.165) is 32.1 Å². The highest BCUT2D eigenvalue weighted by atomic mass is 16.6. The lowest BCUT2D eigenvalue weighted by Crippen LogP contribution is -2.17. The molecule has 0 aliphatic heterocycles. The van der Waals surface area contributed by atoms with E-state index in [1.54, 1.807) is 0 Å². The van der Waals surface area contributed by atoms with Crippen LogP contribution in [-0.2, 0) is 28.5 Å². The molecule has 0 N–H and O–H groups in total. The summed E-state index contributed by atoms with van der Waals surface area (Å²) in [7, 11) is 0. The highest BCUT2D eigenvalue weighted by molar-refractivity contribution is 5.81. The molecule has 0 spiro atoms. The van der Waals surface area contributed by atoms with Crippen LogP contribution >= 0.6 is 0 Å². The molecule has 2 atom stereocenters. The van der Waals surface area contributed by atoms with Crippen molar-refractivity contribution in [1.29, 1.82) is 0 Å². The molecule has 0 heterocycles. The van der Waals surface area contributed by atoms with Gasteiger partial charge in [0.2, 0.25) is 0 Å². The second kappa shape index (κ2) is 20.5. The standard InChI is InChI=1S/C23H44O6/c1-5-8-9-21(7-3)23(25)11-13-27-15-17-29-19-18-28-16-14-26-12-10-22(24)20(4)6-2/h20-21H,5-19H2,1-4H3. The maximum absolute atomic E-state index is 12.1. The minimum absolute atomic E-state index is 0.121. The summed E-state index contributed by atoms with van der Waals surface area (Å²) in [6.07, 6.45) is 6.01. The molecule has 0 amide bonds. The number of unbranched alkanes of at least 4 members (excludes halogenated alkanes) is 1. The van der Waals surface area contributed by atoms with Gasteiger partial charge in [-0.25, -0.2) is 0 Å². The summed E-state index contributed by atoms with van der Waals surface area (Å²) >= 11 is 0. The van der Waals surface area contributed by atoms with Gasteiger partial charge in [-0.2, -0.15) is 0 Å². The maximum Gasteiger partial charge on any atom is 0.138 e. The Kier molecular flexibility index (Phi) is 19.9. The van der Waals surface area contributed by atoms with Gasteiger partial charge in [0.05, 0.1) is 52.9 Å². The molecule has 0 aliphatic carbocycles. The minimum Gasteiger partial charge on any atom is -0.379 e. The molecular weight excluding hydrogens is 372 g/mol. The van der Waals surface area contributed by atoms with Crippen LogP contribution in [0.1, 0.15) is 72.6 Å². The van der Waals surface area contributed by atoms with Crippen molar-refractivity contribution in [2.75, 3.05) is 52.9 Å². The molecule has 6 heteroatoms. The third kappa shape index (κ3) is 16.6. The summed E-state index contributed by atoms with van der Waals surface area (Å²) in [5, 5.41) is 0. The van der Waals surface area contributed by atoms with E-state index in [1.807, 2.05) is 13.8 Å². The van der Waals surface area contributed by atoms with Gasteiger partial charge in [0, 0.05) is 24.7 Å². The quantitative estimate of drug-likeness (QED) is 0.246. The zero-order valence-corrected chi connectivity index (χ0v) is 19.2. The van der Waals surface area contributed by atoms with Gasteiger partial charge in [-0.3, -0.25) is 9.59 Å². The van der Waals surface area contributed by atoms with E-state index in [1.165, 1.54) is 0 Å². The lowest BCUT2D eigenvalue weighted by atomic mass is 9.93. The summed E-state index contributed by atoms with van der Waals surface area (Å²) in [6, 6.07) is 0. The Morgan fingerprint density at radius 2 is 1.10 bits per heavy atom. The molecule has 0 aromatic carbocycles. The number of carbonyl (C=O) groups is 2. The molecule has 0 radical (unpaired) electrons. The SMILES string of the molecule is CCCCC(CC)C(=O)CCOCCOCCOCCOCCC(=O)C(C)CC. The van der Waals surface area contributed by atoms with Crippen LogP contribution in [-0.4, -0.2) is 64.4 Å². The molecule has 0 rings (SSSR count). The molecule has 0 aromatic heterocycles. The molecule has 0 bridgehead atoms. The monoisotopic (exact) mass is 416 g/mol. The van der Waals surface area contributed by atoms with Crippen molar-refractivity contribution in [3.05, 3.63) is 0 Å². The van der Waals surface area contributed by atoms with Crippen molar-refractivity contribution in [3.8, 4) is 0 Å². The Hall–Kier alpha value is -0.820. The zero-order chi connectivity index (χ0) is 21.7. The summed E-state index contributed by atoms with van der Waals surface area (Å²) in [5.74, 6) is 0.892. The minimum atomic E-state index is 0.121. The van der Waals surface area contributed by atoms with Gasteiger partial charge < -0.3 is 18.9 Å². The predicted octanol–water partition coefficient (Wildman–Crippen LogP) is 4.23. The first-order valence-corrected chi connectivity index (χ1v) is 11.4. The van der Waals surface area contributed by atoms with E-state index in [-0.39, 0.29) is 17.6 Å². The molecule has 0 saturated carbocycles. The van der Waals surface area contributed by atoms with Gasteiger partial charge in [-0.05, 0) is 19.3 Å². The summed E-state index contributed by atoms with van der Waals surface area (Å²) in [4.78, 5) is 23.7. The average molecular weight is 417 g/mol. The second-order valence-electron chi connectivity index (χ2n) is 7.44. The fourth-order valence-corrected chi connectivity index (χ4v) is 2.83. The Bertz CT molecular complexity index is 399. The van der Waals surface area contributed by atoms with Gasteiger partial charge in [-0.1, -0.05) is 40.5 Å². The van der Waals surface area contributed by atoms with Crippen molar-refractivity contribution in [2.45, 2.75) is 72.6 Å². The van der Waals surface area contributed by atoms with E-state index in [2.05, 4.69) is 13.8 Å². The van der Waals surface area contributed by atoms with E-state index in [9.17, 15) is 9.59 Å². The van der Waals surface area contributed by atoms with Crippen LogP contribution < -0.4 is 0 Å². The topological polar surface area (TPSA) is 71.1 Å². The zero-order valence-electron chi connectivity index (χ0n) is 19.2. The Morgan fingerprint density at radius 3 is 1.52 bits per heavy atom. The molecule has 29 heavy (non-hydrogen) atoms. The van der Waals surface area contributed by atoms with Crippen LogP contribution in [0.25, 0.3) is 0 Å². The number of ketones is 2. The maximum atomic E-state index is 12.1. The third-order valence-corrected chi connectivity index (χ3v) is 5.12. The van der Waals surface area contributed by atoms with Crippen LogP contribution in [0.3, 0.4) is 0 Å². The third-order valence-electron chi connectivity index (χ3n) is 5.12. The first-order chi connectivity index (χ1) is 14.1. The molecule has 0 saturated heterocycles.